The highest BCUT2D eigenvalue weighted by molar-refractivity contribution is 4.76. The van der Waals surface area contributed by atoms with Gasteiger partial charge in [-0.2, -0.15) is 0 Å². The summed E-state index contributed by atoms with van der Waals surface area (Å²) in [5.41, 5.74) is 0. The monoisotopic (exact) mass is 256 g/mol. The molecule has 0 aromatic carbocycles. The maximum atomic E-state index is 3.61. The zero-order chi connectivity index (χ0) is 14.0. The molecule has 1 N–H and O–H groups in total. The van der Waals surface area contributed by atoms with Crippen LogP contribution in [-0.4, -0.2) is 37.1 Å². The Morgan fingerprint density at radius 3 is 1.83 bits per heavy atom. The second-order valence-corrected chi connectivity index (χ2v) is 6.39. The van der Waals surface area contributed by atoms with Crippen molar-refractivity contribution in [1.82, 2.24) is 10.2 Å². The first-order valence-corrected chi connectivity index (χ1v) is 7.95. The lowest BCUT2D eigenvalue weighted by Gasteiger charge is -2.34. The lowest BCUT2D eigenvalue weighted by atomic mass is 10.0. The van der Waals surface area contributed by atoms with Crippen molar-refractivity contribution < 1.29 is 0 Å². The second-order valence-electron chi connectivity index (χ2n) is 6.39. The average Bonchev–Trinajstić information content (AvgIpc) is 2.26. The summed E-state index contributed by atoms with van der Waals surface area (Å²) in [7, 11) is 0. The van der Waals surface area contributed by atoms with E-state index in [-0.39, 0.29) is 0 Å². The van der Waals surface area contributed by atoms with Gasteiger partial charge >= 0.3 is 0 Å². The molecule has 0 spiro atoms. The minimum Gasteiger partial charge on any atom is -0.315 e. The van der Waals surface area contributed by atoms with Crippen molar-refractivity contribution in [2.24, 2.45) is 11.8 Å². The van der Waals surface area contributed by atoms with E-state index in [9.17, 15) is 0 Å². The van der Waals surface area contributed by atoms with Gasteiger partial charge in [-0.3, -0.25) is 4.90 Å². The molecule has 0 rings (SSSR count). The largest absolute Gasteiger partial charge is 0.315 e. The SMILES string of the molecule is CCCNCC(CCC)N(CC(C)C)CC(C)C. The Hall–Kier alpha value is -0.0800. The van der Waals surface area contributed by atoms with Crippen LogP contribution in [0.5, 0.6) is 0 Å². The minimum absolute atomic E-state index is 0.714. The maximum absolute atomic E-state index is 3.61. The molecule has 0 aromatic heterocycles. The standard InChI is InChI=1S/C16H36N2/c1-7-9-16(11-17-10-8-2)18(12-14(3)4)13-15(5)6/h14-17H,7-13H2,1-6H3. The zero-order valence-electron chi connectivity index (χ0n) is 13.6. The number of hydrogen-bond donors (Lipinski definition) is 1. The van der Waals surface area contributed by atoms with E-state index in [4.69, 9.17) is 0 Å². The van der Waals surface area contributed by atoms with Crippen molar-refractivity contribution in [3.05, 3.63) is 0 Å². The number of hydrogen-bond acceptors (Lipinski definition) is 2. The van der Waals surface area contributed by atoms with Crippen molar-refractivity contribution >= 4 is 0 Å². The summed E-state index contributed by atoms with van der Waals surface area (Å²) in [6, 6.07) is 0.714. The molecule has 2 heteroatoms. The Balaban J connectivity index is 4.40. The van der Waals surface area contributed by atoms with E-state index in [2.05, 4.69) is 51.8 Å². The molecule has 0 bridgehead atoms. The molecule has 2 nitrogen and oxygen atoms in total. The molecule has 0 heterocycles. The van der Waals surface area contributed by atoms with E-state index < -0.39 is 0 Å². The molecule has 18 heavy (non-hydrogen) atoms. The number of rotatable bonds is 11. The third kappa shape index (κ3) is 8.93. The van der Waals surface area contributed by atoms with E-state index in [0.29, 0.717) is 6.04 Å². The predicted octanol–water partition coefficient (Wildman–Crippen LogP) is 3.77. The van der Waals surface area contributed by atoms with Crippen LogP contribution in [0.2, 0.25) is 0 Å². The van der Waals surface area contributed by atoms with Crippen molar-refractivity contribution in [2.75, 3.05) is 26.2 Å². The molecular formula is C16H36N2. The summed E-state index contributed by atoms with van der Waals surface area (Å²) < 4.78 is 0. The fraction of sp³-hybridized carbons (Fsp3) is 1.00. The van der Waals surface area contributed by atoms with Crippen molar-refractivity contribution in [3.63, 3.8) is 0 Å². The van der Waals surface area contributed by atoms with Gasteiger partial charge in [0.1, 0.15) is 0 Å². The van der Waals surface area contributed by atoms with Gasteiger partial charge in [0.2, 0.25) is 0 Å². The highest BCUT2D eigenvalue weighted by atomic mass is 15.2. The Kier molecular flexibility index (Phi) is 10.8. The van der Waals surface area contributed by atoms with Crippen LogP contribution in [0.3, 0.4) is 0 Å². The smallest absolute Gasteiger partial charge is 0.0220 e. The Labute approximate surface area is 116 Å². The molecule has 1 atom stereocenters. The molecule has 1 unspecified atom stereocenters. The van der Waals surface area contributed by atoms with Gasteiger partial charge in [0.15, 0.2) is 0 Å². The van der Waals surface area contributed by atoms with E-state index in [1.54, 1.807) is 0 Å². The maximum Gasteiger partial charge on any atom is 0.0220 e. The van der Waals surface area contributed by atoms with E-state index in [1.807, 2.05) is 0 Å². The molecule has 0 fully saturated rings. The van der Waals surface area contributed by atoms with Crippen LogP contribution in [0.1, 0.15) is 60.8 Å². The summed E-state index contributed by atoms with van der Waals surface area (Å²) in [4.78, 5) is 2.71. The third-order valence-electron chi connectivity index (χ3n) is 3.14. The third-order valence-corrected chi connectivity index (χ3v) is 3.14. The molecule has 0 aliphatic rings. The summed E-state index contributed by atoms with van der Waals surface area (Å²) in [6.45, 7) is 18.6. The van der Waals surface area contributed by atoms with Crippen LogP contribution in [0.4, 0.5) is 0 Å². The van der Waals surface area contributed by atoms with Crippen LogP contribution >= 0.6 is 0 Å². The quantitative estimate of drug-likeness (QED) is 0.566. The molecule has 0 aromatic rings. The van der Waals surface area contributed by atoms with Crippen LogP contribution in [0.15, 0.2) is 0 Å². The van der Waals surface area contributed by atoms with Gasteiger partial charge in [0, 0.05) is 25.7 Å². The van der Waals surface area contributed by atoms with Gasteiger partial charge in [-0.05, 0) is 31.2 Å². The normalized spacial score (nSPS) is 13.8. The fourth-order valence-electron chi connectivity index (χ4n) is 2.50. The van der Waals surface area contributed by atoms with Gasteiger partial charge in [-0.25, -0.2) is 0 Å². The number of nitrogens with one attached hydrogen (secondary N) is 1. The van der Waals surface area contributed by atoms with Crippen LogP contribution < -0.4 is 5.32 Å². The highest BCUT2D eigenvalue weighted by Gasteiger charge is 2.19. The topological polar surface area (TPSA) is 15.3 Å². The first kappa shape index (κ1) is 17.9. The van der Waals surface area contributed by atoms with Crippen molar-refractivity contribution in [3.8, 4) is 0 Å². The summed E-state index contributed by atoms with van der Waals surface area (Å²) in [5.74, 6) is 1.52. The number of nitrogens with zero attached hydrogens (tertiary/aromatic N) is 1. The molecule has 0 aliphatic carbocycles. The molecule has 0 radical (unpaired) electrons. The molecule has 0 saturated carbocycles. The molecule has 0 saturated heterocycles. The van der Waals surface area contributed by atoms with Crippen LogP contribution in [-0.2, 0) is 0 Å². The highest BCUT2D eigenvalue weighted by Crippen LogP contribution is 2.12. The first-order valence-electron chi connectivity index (χ1n) is 7.95. The van der Waals surface area contributed by atoms with Gasteiger partial charge < -0.3 is 5.32 Å². The zero-order valence-corrected chi connectivity index (χ0v) is 13.6. The first-order chi connectivity index (χ1) is 8.51. The van der Waals surface area contributed by atoms with Gasteiger partial charge in [0.25, 0.3) is 0 Å². The van der Waals surface area contributed by atoms with Crippen LogP contribution in [0, 0.1) is 11.8 Å². The Morgan fingerprint density at radius 2 is 1.44 bits per heavy atom. The summed E-state index contributed by atoms with van der Waals surface area (Å²) >= 11 is 0. The van der Waals surface area contributed by atoms with E-state index >= 15 is 0 Å². The lowest BCUT2D eigenvalue weighted by Crippen LogP contribution is -2.45. The van der Waals surface area contributed by atoms with Crippen molar-refractivity contribution in [1.29, 1.82) is 0 Å². The van der Waals surface area contributed by atoms with Crippen molar-refractivity contribution in [2.45, 2.75) is 66.8 Å². The second kappa shape index (κ2) is 10.8. The Morgan fingerprint density at radius 1 is 0.889 bits per heavy atom. The summed E-state index contributed by atoms with van der Waals surface area (Å²) in [5, 5.41) is 3.61. The van der Waals surface area contributed by atoms with Gasteiger partial charge in [0.05, 0.1) is 0 Å². The van der Waals surface area contributed by atoms with E-state index in [1.165, 1.54) is 32.4 Å². The molecule has 0 amide bonds. The lowest BCUT2D eigenvalue weighted by molar-refractivity contribution is 0.145. The Bertz CT molecular complexity index is 168. The molecule has 0 aliphatic heterocycles. The van der Waals surface area contributed by atoms with Gasteiger partial charge in [-0.1, -0.05) is 48.0 Å². The summed E-state index contributed by atoms with van der Waals surface area (Å²) in [6.07, 6.45) is 3.83. The minimum atomic E-state index is 0.714. The van der Waals surface area contributed by atoms with E-state index in [0.717, 1.165) is 24.9 Å². The van der Waals surface area contributed by atoms with Crippen LogP contribution in [0.25, 0.3) is 0 Å². The van der Waals surface area contributed by atoms with Gasteiger partial charge in [-0.15, -0.1) is 0 Å². The molecule has 110 valence electrons. The predicted molar refractivity (Wildman–Crippen MR) is 83.1 cm³/mol. The molecular weight excluding hydrogens is 220 g/mol. The average molecular weight is 256 g/mol. The fourth-order valence-corrected chi connectivity index (χ4v) is 2.50.